The van der Waals surface area contributed by atoms with Crippen LogP contribution in [-0.4, -0.2) is 65.0 Å². The quantitative estimate of drug-likeness (QED) is 0.670. The third kappa shape index (κ3) is 4.20. The summed E-state index contributed by atoms with van der Waals surface area (Å²) in [6.07, 6.45) is 6.20. The number of pyridine rings is 1. The minimum Gasteiger partial charge on any atom is -0.376 e. The van der Waals surface area contributed by atoms with E-state index in [9.17, 15) is 14.4 Å². The number of benzene rings is 1. The molecule has 0 bridgehead atoms. The van der Waals surface area contributed by atoms with Gasteiger partial charge in [-0.25, -0.2) is 4.79 Å². The zero-order valence-electron chi connectivity index (χ0n) is 20.3. The second-order valence-electron chi connectivity index (χ2n) is 9.92. The van der Waals surface area contributed by atoms with Crippen molar-refractivity contribution < 1.29 is 19.1 Å². The van der Waals surface area contributed by atoms with Crippen LogP contribution < -0.4 is 5.32 Å². The van der Waals surface area contributed by atoms with Crippen molar-refractivity contribution in [1.29, 1.82) is 0 Å². The molecule has 8 nitrogen and oxygen atoms in total. The molecule has 1 aromatic heterocycles. The van der Waals surface area contributed by atoms with Gasteiger partial charge in [0.15, 0.2) is 5.54 Å². The molecule has 0 unspecified atom stereocenters. The Morgan fingerprint density at radius 3 is 2.66 bits per heavy atom. The highest BCUT2D eigenvalue weighted by molar-refractivity contribution is 6.07. The molecule has 4 amide bonds. The largest absolute Gasteiger partial charge is 0.376 e. The Labute approximate surface area is 205 Å². The van der Waals surface area contributed by atoms with Gasteiger partial charge in [-0.1, -0.05) is 23.8 Å². The number of piperidine rings is 1. The lowest BCUT2D eigenvalue weighted by atomic mass is 9.73. The average molecular weight is 477 g/mol. The molecule has 2 aromatic rings. The van der Waals surface area contributed by atoms with Gasteiger partial charge in [0.25, 0.3) is 11.8 Å². The van der Waals surface area contributed by atoms with Gasteiger partial charge in [-0.05, 0) is 63.1 Å². The van der Waals surface area contributed by atoms with Crippen LogP contribution in [0.1, 0.15) is 52.7 Å². The van der Waals surface area contributed by atoms with Gasteiger partial charge >= 0.3 is 6.03 Å². The summed E-state index contributed by atoms with van der Waals surface area (Å²) in [5, 5.41) is 3.06. The Kier molecular flexibility index (Phi) is 6.32. The highest BCUT2D eigenvalue weighted by Crippen LogP contribution is 2.41. The van der Waals surface area contributed by atoms with Crippen LogP contribution in [0.3, 0.4) is 0 Å². The SMILES string of the molecule is Cc1ccc(C)c(C(=O)N2CCC([C@]3(c4cccnc4)NC(=O)N(C[C@H]4CCCO4)C3=O)CC2)c1. The molecule has 2 atom stereocenters. The Hall–Kier alpha value is -3.26. The zero-order chi connectivity index (χ0) is 24.6. The topological polar surface area (TPSA) is 91.8 Å². The van der Waals surface area contributed by atoms with Crippen molar-refractivity contribution in [3.8, 4) is 0 Å². The lowest BCUT2D eigenvalue weighted by Crippen LogP contribution is -2.54. The Morgan fingerprint density at radius 1 is 1.17 bits per heavy atom. The standard InChI is InChI=1S/C27H32N4O4/c1-18-7-8-19(2)23(15-18)24(32)30-12-9-20(10-13-30)27(21-5-3-11-28-16-21)25(33)31(26(34)29-27)17-22-6-4-14-35-22/h3,5,7-8,11,15-16,20,22H,4,6,9-10,12-14,17H2,1-2H3,(H,29,34)/t22-,27-/m1/s1. The molecule has 35 heavy (non-hydrogen) atoms. The first kappa shape index (κ1) is 23.5. The van der Waals surface area contributed by atoms with E-state index >= 15 is 0 Å². The van der Waals surface area contributed by atoms with Crippen molar-refractivity contribution in [2.75, 3.05) is 26.2 Å². The lowest BCUT2D eigenvalue weighted by molar-refractivity contribution is -0.135. The van der Waals surface area contributed by atoms with Gasteiger partial charge in [-0.2, -0.15) is 0 Å². The molecule has 5 rings (SSSR count). The van der Waals surface area contributed by atoms with Crippen molar-refractivity contribution >= 4 is 17.8 Å². The first-order chi connectivity index (χ1) is 16.9. The number of hydrogen-bond acceptors (Lipinski definition) is 5. The summed E-state index contributed by atoms with van der Waals surface area (Å²) >= 11 is 0. The van der Waals surface area contributed by atoms with Gasteiger partial charge in [0.2, 0.25) is 0 Å². The van der Waals surface area contributed by atoms with E-state index in [4.69, 9.17) is 4.74 Å². The van der Waals surface area contributed by atoms with Crippen molar-refractivity contribution in [2.24, 2.45) is 5.92 Å². The highest BCUT2D eigenvalue weighted by Gasteiger charge is 2.57. The summed E-state index contributed by atoms with van der Waals surface area (Å²) in [5.74, 6) is -0.382. The Balaban J connectivity index is 1.39. The zero-order valence-corrected chi connectivity index (χ0v) is 20.3. The van der Waals surface area contributed by atoms with E-state index in [1.165, 1.54) is 4.90 Å². The molecule has 3 fully saturated rings. The van der Waals surface area contributed by atoms with Crippen LogP contribution in [0.2, 0.25) is 0 Å². The molecular weight excluding hydrogens is 444 g/mol. The van der Waals surface area contributed by atoms with Gasteiger partial charge in [-0.3, -0.25) is 19.5 Å². The lowest BCUT2D eigenvalue weighted by Gasteiger charge is -2.41. The molecular formula is C27H32N4O4. The molecule has 0 aliphatic carbocycles. The molecule has 3 aliphatic heterocycles. The molecule has 184 valence electrons. The van der Waals surface area contributed by atoms with E-state index in [2.05, 4.69) is 10.3 Å². The number of carbonyl (C=O) groups is 3. The number of ether oxygens (including phenoxy) is 1. The maximum Gasteiger partial charge on any atom is 0.325 e. The summed E-state index contributed by atoms with van der Waals surface area (Å²) in [4.78, 5) is 47.7. The van der Waals surface area contributed by atoms with E-state index in [1.54, 1.807) is 18.5 Å². The number of likely N-dealkylation sites (tertiary alicyclic amines) is 1. The summed E-state index contributed by atoms with van der Waals surface area (Å²) in [6, 6.07) is 9.18. The maximum atomic E-state index is 13.9. The van der Waals surface area contributed by atoms with E-state index < -0.39 is 5.54 Å². The first-order valence-corrected chi connectivity index (χ1v) is 12.4. The molecule has 3 aliphatic rings. The minimum absolute atomic E-state index is 0.0156. The number of aromatic nitrogens is 1. The number of amides is 4. The van der Waals surface area contributed by atoms with Crippen LogP contribution in [0.25, 0.3) is 0 Å². The summed E-state index contributed by atoms with van der Waals surface area (Å²) < 4.78 is 5.70. The van der Waals surface area contributed by atoms with Crippen LogP contribution in [0, 0.1) is 19.8 Å². The van der Waals surface area contributed by atoms with Crippen LogP contribution >= 0.6 is 0 Å². The maximum absolute atomic E-state index is 13.9. The van der Waals surface area contributed by atoms with E-state index in [0.717, 1.165) is 29.5 Å². The predicted octanol–water partition coefficient (Wildman–Crippen LogP) is 3.18. The smallest absolute Gasteiger partial charge is 0.325 e. The molecule has 3 saturated heterocycles. The molecule has 0 saturated carbocycles. The van der Waals surface area contributed by atoms with Gasteiger partial charge in [-0.15, -0.1) is 0 Å². The van der Waals surface area contributed by atoms with Crippen LogP contribution in [0.4, 0.5) is 4.79 Å². The normalized spacial score (nSPS) is 25.3. The number of carbonyl (C=O) groups excluding carboxylic acids is 3. The van der Waals surface area contributed by atoms with Crippen molar-refractivity contribution in [2.45, 2.75) is 51.2 Å². The minimum atomic E-state index is -1.18. The van der Waals surface area contributed by atoms with Gasteiger partial charge in [0, 0.05) is 43.2 Å². The summed E-state index contributed by atoms with van der Waals surface area (Å²) in [6.45, 7) is 5.90. The number of hydrogen-bond donors (Lipinski definition) is 1. The monoisotopic (exact) mass is 476 g/mol. The molecule has 0 spiro atoms. The van der Waals surface area contributed by atoms with Gasteiger partial charge in [0.1, 0.15) is 0 Å². The van der Waals surface area contributed by atoms with Gasteiger partial charge in [0.05, 0.1) is 12.6 Å². The van der Waals surface area contributed by atoms with Crippen LogP contribution in [0.5, 0.6) is 0 Å². The van der Waals surface area contributed by atoms with E-state index in [-0.39, 0.29) is 36.4 Å². The summed E-state index contributed by atoms with van der Waals surface area (Å²) in [5.41, 5.74) is 2.23. The average Bonchev–Trinajstić information content (AvgIpc) is 3.48. The Bertz CT molecular complexity index is 1120. The van der Waals surface area contributed by atoms with Crippen molar-refractivity contribution in [1.82, 2.24) is 20.1 Å². The fourth-order valence-corrected chi connectivity index (χ4v) is 5.71. The highest BCUT2D eigenvalue weighted by atomic mass is 16.5. The third-order valence-electron chi connectivity index (χ3n) is 7.68. The molecule has 0 radical (unpaired) electrons. The van der Waals surface area contributed by atoms with E-state index in [1.807, 2.05) is 43.0 Å². The van der Waals surface area contributed by atoms with Gasteiger partial charge < -0.3 is 15.0 Å². The number of nitrogens with one attached hydrogen (secondary N) is 1. The Morgan fingerprint density at radius 2 is 1.97 bits per heavy atom. The molecule has 1 aromatic carbocycles. The third-order valence-corrected chi connectivity index (χ3v) is 7.68. The number of aryl methyl sites for hydroxylation is 2. The molecule has 8 heteroatoms. The number of urea groups is 1. The second-order valence-corrected chi connectivity index (χ2v) is 9.92. The van der Waals surface area contributed by atoms with Crippen molar-refractivity contribution in [3.05, 3.63) is 65.0 Å². The molecule has 1 N–H and O–H groups in total. The van der Waals surface area contributed by atoms with Crippen molar-refractivity contribution in [3.63, 3.8) is 0 Å². The number of rotatable bonds is 5. The molecule has 4 heterocycles. The van der Waals surface area contributed by atoms with E-state index in [0.29, 0.717) is 38.1 Å². The number of imide groups is 1. The van der Waals surface area contributed by atoms with Crippen LogP contribution in [-0.2, 0) is 15.1 Å². The number of nitrogens with zero attached hydrogens (tertiary/aromatic N) is 3. The van der Waals surface area contributed by atoms with Crippen LogP contribution in [0.15, 0.2) is 42.7 Å². The first-order valence-electron chi connectivity index (χ1n) is 12.4. The predicted molar refractivity (Wildman–Crippen MR) is 130 cm³/mol. The second kappa shape index (κ2) is 9.41. The summed E-state index contributed by atoms with van der Waals surface area (Å²) in [7, 11) is 0. The fourth-order valence-electron chi connectivity index (χ4n) is 5.71. The fraction of sp³-hybridized carbons (Fsp3) is 0.481.